The van der Waals surface area contributed by atoms with Gasteiger partial charge in [-0.05, 0) is 44.6 Å². The van der Waals surface area contributed by atoms with E-state index in [9.17, 15) is 0 Å². The van der Waals surface area contributed by atoms with Gasteiger partial charge in [0, 0.05) is 39.8 Å². The van der Waals surface area contributed by atoms with Crippen LogP contribution < -0.4 is 10.6 Å². The molecule has 0 radical (unpaired) electrons. The maximum atomic E-state index is 5.09. The molecule has 0 aromatic carbocycles. The molecule has 1 aliphatic carbocycles. The van der Waals surface area contributed by atoms with Crippen LogP contribution in [-0.2, 0) is 4.74 Å². The van der Waals surface area contributed by atoms with Crippen molar-refractivity contribution in [2.75, 3.05) is 47.4 Å². The first-order valence-corrected chi connectivity index (χ1v) is 8.71. The van der Waals surface area contributed by atoms with Gasteiger partial charge in [-0.15, -0.1) is 24.0 Å². The Balaban J connectivity index is 0.00000484. The Kier molecular flexibility index (Phi) is 13.2. The third-order valence-electron chi connectivity index (χ3n) is 4.74. The molecule has 23 heavy (non-hydrogen) atoms. The molecule has 0 heterocycles. The van der Waals surface area contributed by atoms with Crippen LogP contribution in [0.4, 0.5) is 0 Å². The molecule has 2 N–H and O–H groups in total. The van der Waals surface area contributed by atoms with Crippen molar-refractivity contribution in [3.8, 4) is 0 Å². The summed E-state index contributed by atoms with van der Waals surface area (Å²) in [5, 5.41) is 6.99. The van der Waals surface area contributed by atoms with Crippen LogP contribution in [-0.4, -0.2) is 64.3 Å². The summed E-state index contributed by atoms with van der Waals surface area (Å²) in [5.74, 6) is 2.66. The Labute approximate surface area is 160 Å². The van der Waals surface area contributed by atoms with Crippen LogP contribution in [0.3, 0.4) is 0 Å². The molecule has 0 bridgehead atoms. The summed E-state index contributed by atoms with van der Waals surface area (Å²) in [7, 11) is 5.71. The number of rotatable bonds is 8. The van der Waals surface area contributed by atoms with Crippen molar-refractivity contribution in [1.29, 1.82) is 0 Å². The molecule has 0 aromatic rings. The van der Waals surface area contributed by atoms with Crippen LogP contribution in [0.15, 0.2) is 4.99 Å². The van der Waals surface area contributed by atoms with Crippen LogP contribution >= 0.6 is 24.0 Å². The van der Waals surface area contributed by atoms with Gasteiger partial charge in [0.2, 0.25) is 0 Å². The largest absolute Gasteiger partial charge is 0.383 e. The number of nitrogens with zero attached hydrogens (tertiary/aromatic N) is 2. The van der Waals surface area contributed by atoms with Crippen molar-refractivity contribution in [3.63, 3.8) is 0 Å². The molecule has 0 aromatic heterocycles. The van der Waals surface area contributed by atoms with Crippen molar-refractivity contribution >= 4 is 29.9 Å². The Bertz CT molecular complexity index is 318. The molecule has 138 valence electrons. The summed E-state index contributed by atoms with van der Waals surface area (Å²) in [4.78, 5) is 6.61. The predicted octanol–water partition coefficient (Wildman–Crippen LogP) is 2.56. The molecular weight excluding hydrogens is 403 g/mol. The summed E-state index contributed by atoms with van der Waals surface area (Å²) >= 11 is 0. The first kappa shape index (κ1) is 22.9. The fourth-order valence-corrected chi connectivity index (χ4v) is 3.04. The van der Waals surface area contributed by atoms with E-state index in [0.717, 1.165) is 44.0 Å². The van der Waals surface area contributed by atoms with Crippen LogP contribution in [0.2, 0.25) is 0 Å². The fourth-order valence-electron chi connectivity index (χ4n) is 3.04. The number of hydrogen-bond acceptors (Lipinski definition) is 3. The highest BCUT2D eigenvalue weighted by atomic mass is 127. The van der Waals surface area contributed by atoms with Gasteiger partial charge in [-0.25, -0.2) is 0 Å². The van der Waals surface area contributed by atoms with Crippen molar-refractivity contribution in [2.24, 2.45) is 16.8 Å². The summed E-state index contributed by atoms with van der Waals surface area (Å²) in [6, 6.07) is 0.576. The van der Waals surface area contributed by atoms with Crippen molar-refractivity contribution in [1.82, 2.24) is 15.5 Å². The highest BCUT2D eigenvalue weighted by Crippen LogP contribution is 2.29. The number of guanidine groups is 1. The number of likely N-dealkylation sites (N-methyl/N-ethyl adjacent to an activating group) is 1. The van der Waals surface area contributed by atoms with Gasteiger partial charge in [0.25, 0.3) is 0 Å². The average Bonchev–Trinajstić information content (AvgIpc) is 2.52. The molecule has 5 nitrogen and oxygen atoms in total. The molecule has 1 rings (SSSR count). The molecular formula is C17H37IN4O. The molecule has 0 saturated heterocycles. The molecule has 0 spiro atoms. The smallest absolute Gasteiger partial charge is 0.191 e. The van der Waals surface area contributed by atoms with E-state index in [1.54, 1.807) is 7.11 Å². The summed E-state index contributed by atoms with van der Waals surface area (Å²) < 4.78 is 5.09. The van der Waals surface area contributed by atoms with Crippen LogP contribution in [0.1, 0.15) is 39.5 Å². The Morgan fingerprint density at radius 2 is 1.87 bits per heavy atom. The topological polar surface area (TPSA) is 48.9 Å². The van der Waals surface area contributed by atoms with Crippen LogP contribution in [0.25, 0.3) is 0 Å². The second-order valence-corrected chi connectivity index (χ2v) is 6.80. The van der Waals surface area contributed by atoms with Gasteiger partial charge in [0.15, 0.2) is 5.96 Å². The highest BCUT2D eigenvalue weighted by Gasteiger charge is 2.23. The Morgan fingerprint density at radius 1 is 1.22 bits per heavy atom. The van der Waals surface area contributed by atoms with Gasteiger partial charge in [-0.2, -0.15) is 0 Å². The molecule has 0 unspecified atom stereocenters. The highest BCUT2D eigenvalue weighted by molar-refractivity contribution is 14.0. The Hall–Kier alpha value is -0.0800. The van der Waals surface area contributed by atoms with E-state index in [1.807, 2.05) is 7.05 Å². The van der Waals surface area contributed by atoms with Crippen molar-refractivity contribution in [3.05, 3.63) is 0 Å². The summed E-state index contributed by atoms with van der Waals surface area (Å²) in [5.41, 5.74) is 0. The number of ether oxygens (including phenoxy) is 1. The molecule has 0 aliphatic heterocycles. The van der Waals surface area contributed by atoms with Crippen LogP contribution in [0, 0.1) is 11.8 Å². The van der Waals surface area contributed by atoms with Crippen LogP contribution in [0.5, 0.6) is 0 Å². The zero-order valence-electron chi connectivity index (χ0n) is 15.6. The molecule has 0 amide bonds. The molecule has 0 atom stereocenters. The van der Waals surface area contributed by atoms with Gasteiger partial charge in [-0.1, -0.05) is 13.8 Å². The molecule has 1 saturated carbocycles. The van der Waals surface area contributed by atoms with E-state index in [2.05, 4.69) is 41.4 Å². The monoisotopic (exact) mass is 440 g/mol. The first-order chi connectivity index (χ1) is 10.6. The van der Waals surface area contributed by atoms with E-state index in [0.29, 0.717) is 6.04 Å². The zero-order valence-corrected chi connectivity index (χ0v) is 17.9. The van der Waals surface area contributed by atoms with Gasteiger partial charge in [0.05, 0.1) is 6.61 Å². The first-order valence-electron chi connectivity index (χ1n) is 8.71. The van der Waals surface area contributed by atoms with E-state index < -0.39 is 0 Å². The minimum Gasteiger partial charge on any atom is -0.383 e. The molecule has 1 aliphatic rings. The number of hydrogen-bond donors (Lipinski definition) is 2. The number of halogens is 1. The lowest BCUT2D eigenvalue weighted by Crippen LogP contribution is -2.46. The summed E-state index contributed by atoms with van der Waals surface area (Å²) in [6.07, 6.45) is 5.20. The summed E-state index contributed by atoms with van der Waals surface area (Å²) in [6.45, 7) is 8.33. The minimum absolute atomic E-state index is 0. The Morgan fingerprint density at radius 3 is 2.39 bits per heavy atom. The zero-order chi connectivity index (χ0) is 16.4. The normalized spacial score (nSPS) is 22.1. The predicted molar refractivity (Wildman–Crippen MR) is 110 cm³/mol. The third kappa shape index (κ3) is 9.72. The molecule has 1 fully saturated rings. The lowest BCUT2D eigenvalue weighted by Gasteiger charge is -2.32. The number of aliphatic imine (C=N–C) groups is 1. The molecule has 6 heteroatoms. The van der Waals surface area contributed by atoms with E-state index >= 15 is 0 Å². The van der Waals surface area contributed by atoms with E-state index in [-0.39, 0.29) is 24.0 Å². The lowest BCUT2D eigenvalue weighted by atomic mass is 9.80. The minimum atomic E-state index is 0. The van der Waals surface area contributed by atoms with E-state index in [1.165, 1.54) is 25.7 Å². The lowest BCUT2D eigenvalue weighted by molar-refractivity contribution is 0.162. The maximum absolute atomic E-state index is 5.09. The van der Waals surface area contributed by atoms with Gasteiger partial charge in [0.1, 0.15) is 0 Å². The standard InChI is InChI=1S/C17H36N4O.HI/c1-14(2)15-6-8-16(9-7-15)20-17(18-3)19-10-11-21(4)12-13-22-5;/h14-16H,6-13H2,1-5H3,(H2,18,19,20);1H. The number of nitrogens with one attached hydrogen (secondary N) is 2. The van der Waals surface area contributed by atoms with Crippen molar-refractivity contribution in [2.45, 2.75) is 45.6 Å². The fraction of sp³-hybridized carbons (Fsp3) is 0.941. The maximum Gasteiger partial charge on any atom is 0.191 e. The second-order valence-electron chi connectivity index (χ2n) is 6.80. The number of methoxy groups -OCH3 is 1. The second kappa shape index (κ2) is 13.2. The van der Waals surface area contributed by atoms with Gasteiger partial charge < -0.3 is 20.3 Å². The quantitative estimate of drug-likeness (QED) is 0.346. The SMILES string of the molecule is CN=C(NCCN(C)CCOC)NC1CCC(C(C)C)CC1.I. The van der Waals surface area contributed by atoms with Gasteiger partial charge >= 0.3 is 0 Å². The van der Waals surface area contributed by atoms with E-state index in [4.69, 9.17) is 4.74 Å². The third-order valence-corrected chi connectivity index (χ3v) is 4.74. The average molecular weight is 440 g/mol. The van der Waals surface area contributed by atoms with Crippen molar-refractivity contribution < 1.29 is 4.74 Å². The van der Waals surface area contributed by atoms with Gasteiger partial charge in [-0.3, -0.25) is 4.99 Å².